The third-order valence-electron chi connectivity index (χ3n) is 14.2. The van der Waals surface area contributed by atoms with Gasteiger partial charge >= 0.3 is 0 Å². The molecule has 2 saturated heterocycles. The molecule has 0 aromatic heterocycles. The third-order valence-corrected chi connectivity index (χ3v) is 14.2. The average molecular weight is 917 g/mol. The SMILES string of the molecule is COc1cc2cc(OC)c1OCCCOc1c(OC)cc(cc1OC)C1(CC[N+](C)(C)CC1)c1cc(OC)c(c(OC)c1)OCCCOc1c(OC)cc(cc1OC)C21CC[N+](C)(C)CC1. The summed E-state index contributed by atoms with van der Waals surface area (Å²) in [4.78, 5) is 0. The van der Waals surface area contributed by atoms with E-state index in [4.69, 9.17) is 56.8 Å². The molecule has 0 atom stereocenters. The fraction of sp³-hybridized carbons (Fsp3) is 0.538. The zero-order valence-electron chi connectivity index (χ0n) is 41.3. The van der Waals surface area contributed by atoms with Crippen molar-refractivity contribution in [3.63, 3.8) is 0 Å². The Labute approximate surface area is 391 Å². The highest BCUT2D eigenvalue weighted by molar-refractivity contribution is 5.63. The van der Waals surface area contributed by atoms with Gasteiger partial charge in [-0.2, -0.15) is 0 Å². The lowest BCUT2D eigenvalue weighted by molar-refractivity contribution is -0.896. The predicted octanol–water partition coefficient (Wildman–Crippen LogP) is 8.08. The topological polar surface area (TPSA) is 111 Å². The van der Waals surface area contributed by atoms with Crippen LogP contribution in [0.15, 0.2) is 48.5 Å². The number of rotatable bonds is 8. The number of hydrogen-bond donors (Lipinski definition) is 0. The molecule has 0 amide bonds. The van der Waals surface area contributed by atoms with Crippen LogP contribution in [-0.4, -0.2) is 147 Å². The molecule has 0 saturated carbocycles. The van der Waals surface area contributed by atoms with Crippen molar-refractivity contribution >= 4 is 0 Å². The predicted molar refractivity (Wildman–Crippen MR) is 253 cm³/mol. The number of quaternary nitrogens is 2. The van der Waals surface area contributed by atoms with Crippen molar-refractivity contribution in [2.24, 2.45) is 0 Å². The molecule has 0 unspecified atom stereocenters. The average Bonchev–Trinajstić information content (AvgIpc) is 3.33. The van der Waals surface area contributed by atoms with Crippen molar-refractivity contribution in [2.45, 2.75) is 49.4 Å². The first-order valence-corrected chi connectivity index (χ1v) is 23.0. The number of methoxy groups -OCH3 is 8. The molecule has 2 spiro atoms. The van der Waals surface area contributed by atoms with E-state index >= 15 is 0 Å². The van der Waals surface area contributed by atoms with Gasteiger partial charge in [-0.05, 0) is 70.8 Å². The standard InChI is InChI=1S/C52H72N2O12/c1-53(2)19-15-51(16-20-53)35-27-39(55-5)47(40(28-35)56-6)63-23-13-25-65-49-43(59-9)31-37(32-44(49)60-10)52(17-21-54(3,4)22-18-52)38-33-45(61-11)50(46(34-38)62-12)66-26-14-24-64-48-41(57-7)29-36(51)30-42(48)58-8/h27-34H,13-26H2,1-12H3/q+2. The van der Waals surface area contributed by atoms with E-state index in [0.717, 1.165) is 83.1 Å². The first-order chi connectivity index (χ1) is 31.7. The first kappa shape index (κ1) is 48.3. The van der Waals surface area contributed by atoms with Gasteiger partial charge in [0, 0.05) is 49.4 Å². The highest BCUT2D eigenvalue weighted by Gasteiger charge is 2.45. The normalized spacial score (nSPS) is 18.7. The van der Waals surface area contributed by atoms with Gasteiger partial charge in [0.1, 0.15) is 0 Å². The lowest BCUT2D eigenvalue weighted by Gasteiger charge is -2.45. The van der Waals surface area contributed by atoms with E-state index in [2.05, 4.69) is 76.7 Å². The zero-order valence-corrected chi connectivity index (χ0v) is 41.3. The molecular formula is C52H72N2O12+2. The fourth-order valence-corrected chi connectivity index (χ4v) is 9.94. The highest BCUT2D eigenvalue weighted by atomic mass is 16.6. The molecule has 14 nitrogen and oxygen atoms in total. The van der Waals surface area contributed by atoms with Crippen LogP contribution in [0, 0.1) is 0 Å². The lowest BCUT2D eigenvalue weighted by Crippen LogP contribution is -2.51. The van der Waals surface area contributed by atoms with Gasteiger partial charge in [-0.3, -0.25) is 0 Å². The number of ether oxygens (including phenoxy) is 12. The third kappa shape index (κ3) is 9.49. The Morgan fingerprint density at radius 3 is 0.682 bits per heavy atom. The van der Waals surface area contributed by atoms with Crippen LogP contribution in [0.3, 0.4) is 0 Å². The van der Waals surface area contributed by atoms with E-state index in [1.165, 1.54) is 0 Å². The zero-order chi connectivity index (χ0) is 47.3. The van der Waals surface area contributed by atoms with Gasteiger partial charge in [-0.1, -0.05) is 0 Å². The van der Waals surface area contributed by atoms with E-state index in [1.54, 1.807) is 56.9 Å². The Balaban J connectivity index is 1.32. The number of likely N-dealkylation sites (tertiary alicyclic amines) is 2. The highest BCUT2D eigenvalue weighted by Crippen LogP contribution is 2.54. The molecular weight excluding hydrogens is 845 g/mol. The van der Waals surface area contributed by atoms with Crippen LogP contribution in [-0.2, 0) is 10.8 Å². The first-order valence-electron chi connectivity index (χ1n) is 23.0. The van der Waals surface area contributed by atoms with Crippen LogP contribution in [0.25, 0.3) is 0 Å². The fourth-order valence-electron chi connectivity index (χ4n) is 9.94. The van der Waals surface area contributed by atoms with Gasteiger partial charge in [-0.15, -0.1) is 0 Å². The van der Waals surface area contributed by atoms with Gasteiger partial charge in [0.2, 0.25) is 23.0 Å². The molecule has 66 heavy (non-hydrogen) atoms. The Bertz CT molecular complexity index is 1910. The molecule has 4 aromatic carbocycles. The largest absolute Gasteiger partial charge is 0.493 e. The van der Waals surface area contributed by atoms with E-state index in [-0.39, 0.29) is 0 Å². The number of piperidine rings is 2. The minimum absolute atomic E-state index is 0.335. The molecule has 16 rings (SSSR count). The van der Waals surface area contributed by atoms with Gasteiger partial charge in [0.15, 0.2) is 46.0 Å². The Kier molecular flexibility index (Phi) is 14.7. The maximum Gasteiger partial charge on any atom is 0.203 e. The lowest BCUT2D eigenvalue weighted by atomic mass is 9.67. The molecule has 4 aromatic rings. The maximum absolute atomic E-state index is 6.49. The minimum atomic E-state index is -0.441. The molecule has 12 aliphatic heterocycles. The van der Waals surface area contributed by atoms with Gasteiger partial charge < -0.3 is 65.8 Å². The summed E-state index contributed by atoms with van der Waals surface area (Å²) in [6, 6.07) is 16.7. The van der Waals surface area contributed by atoms with Crippen LogP contribution < -0.4 is 56.8 Å². The molecule has 0 radical (unpaired) electrons. The van der Waals surface area contributed by atoms with E-state index in [9.17, 15) is 0 Å². The van der Waals surface area contributed by atoms with Gasteiger partial charge in [-0.25, -0.2) is 0 Å². The summed E-state index contributed by atoms with van der Waals surface area (Å²) >= 11 is 0. The van der Waals surface area contributed by atoms with Crippen molar-refractivity contribution < 1.29 is 65.8 Å². The van der Waals surface area contributed by atoms with Crippen molar-refractivity contribution in [3.8, 4) is 69.0 Å². The molecule has 360 valence electrons. The number of hydrogen-bond acceptors (Lipinski definition) is 12. The smallest absolute Gasteiger partial charge is 0.203 e. The molecule has 12 aliphatic rings. The van der Waals surface area contributed by atoms with Crippen molar-refractivity contribution in [2.75, 3.05) is 138 Å². The summed E-state index contributed by atoms with van der Waals surface area (Å²) in [7, 11) is 22.4. The summed E-state index contributed by atoms with van der Waals surface area (Å²) in [6.45, 7) is 5.12. The Morgan fingerprint density at radius 1 is 0.333 bits per heavy atom. The monoisotopic (exact) mass is 917 g/mol. The summed E-state index contributed by atoms with van der Waals surface area (Å²) in [6.07, 6.45) is 4.53. The number of benzene rings is 4. The molecule has 0 aliphatic carbocycles. The quantitative estimate of drug-likeness (QED) is 0.160. The maximum atomic E-state index is 6.49. The molecule has 0 N–H and O–H groups in total. The summed E-state index contributed by atoms with van der Waals surface area (Å²) in [5.74, 6) is 6.79. The van der Waals surface area contributed by atoms with Crippen LogP contribution in [0.5, 0.6) is 69.0 Å². The molecule has 2 fully saturated rings. The molecule has 12 heterocycles. The summed E-state index contributed by atoms with van der Waals surface area (Å²) in [5.41, 5.74) is 3.32. The van der Waals surface area contributed by atoms with Gasteiger partial charge in [0.05, 0.1) is 138 Å². The van der Waals surface area contributed by atoms with Gasteiger partial charge in [0.25, 0.3) is 0 Å². The van der Waals surface area contributed by atoms with Crippen LogP contribution in [0.4, 0.5) is 0 Å². The minimum Gasteiger partial charge on any atom is -0.493 e. The van der Waals surface area contributed by atoms with Crippen molar-refractivity contribution in [1.29, 1.82) is 0 Å². The Morgan fingerprint density at radius 2 is 0.515 bits per heavy atom. The van der Waals surface area contributed by atoms with Crippen molar-refractivity contribution in [3.05, 3.63) is 70.8 Å². The second kappa shape index (κ2) is 20.1. The Hall–Kier alpha value is -5.60. The second-order valence-electron chi connectivity index (χ2n) is 18.9. The van der Waals surface area contributed by atoms with Crippen LogP contribution >= 0.6 is 0 Å². The molecule has 8 bridgehead atoms. The van der Waals surface area contributed by atoms with Crippen molar-refractivity contribution in [1.82, 2.24) is 0 Å². The summed E-state index contributed by atoms with van der Waals surface area (Å²) < 4.78 is 76.3. The van der Waals surface area contributed by atoms with E-state index in [1.807, 2.05) is 0 Å². The van der Waals surface area contributed by atoms with Crippen LogP contribution in [0.2, 0.25) is 0 Å². The van der Waals surface area contributed by atoms with Crippen LogP contribution in [0.1, 0.15) is 60.8 Å². The second-order valence-corrected chi connectivity index (χ2v) is 18.9. The molecule has 14 heteroatoms. The van der Waals surface area contributed by atoms with E-state index < -0.39 is 10.8 Å². The summed E-state index contributed by atoms with van der Waals surface area (Å²) in [5, 5.41) is 0. The van der Waals surface area contributed by atoms with E-state index in [0.29, 0.717) is 108 Å². The number of nitrogens with zero attached hydrogens (tertiary/aromatic N) is 2.